The minimum Gasteiger partial charge on any atom is -0.325 e. The quantitative estimate of drug-likeness (QED) is 0.659. The molecule has 0 saturated carbocycles. The summed E-state index contributed by atoms with van der Waals surface area (Å²) in [5.74, 6) is -0.183. The molecule has 1 aromatic carbocycles. The van der Waals surface area contributed by atoms with Crippen LogP contribution in [0.15, 0.2) is 22.7 Å². The van der Waals surface area contributed by atoms with Crippen molar-refractivity contribution in [3.8, 4) is 0 Å². The van der Waals surface area contributed by atoms with Crippen molar-refractivity contribution in [3.05, 3.63) is 32.8 Å². The summed E-state index contributed by atoms with van der Waals surface area (Å²) in [5.41, 5.74) is 0.388. The largest absolute Gasteiger partial charge is 0.325 e. The van der Waals surface area contributed by atoms with E-state index in [9.17, 15) is 14.9 Å². The van der Waals surface area contributed by atoms with Crippen LogP contribution in [0.3, 0.4) is 0 Å². The average Bonchev–Trinajstić information content (AvgIpc) is 2.85. The fourth-order valence-corrected chi connectivity index (χ4v) is 2.18. The van der Waals surface area contributed by atoms with E-state index in [0.29, 0.717) is 16.7 Å². The van der Waals surface area contributed by atoms with Gasteiger partial charge in [-0.05, 0) is 35.0 Å². The highest BCUT2D eigenvalue weighted by atomic mass is 79.9. The van der Waals surface area contributed by atoms with E-state index in [1.165, 1.54) is 12.1 Å². The number of nitrogens with zero attached hydrogens (tertiary/aromatic N) is 1. The van der Waals surface area contributed by atoms with Crippen molar-refractivity contribution in [1.29, 1.82) is 0 Å². The fourth-order valence-electron chi connectivity index (χ4n) is 1.84. The fraction of sp³-hybridized carbons (Fsp3) is 0.364. The molecule has 1 aliphatic rings. The van der Waals surface area contributed by atoms with Crippen molar-refractivity contribution in [2.75, 3.05) is 18.4 Å². The predicted molar refractivity (Wildman–Crippen MR) is 70.4 cm³/mol. The normalized spacial score (nSPS) is 18.6. The van der Waals surface area contributed by atoms with Crippen molar-refractivity contribution >= 4 is 33.2 Å². The van der Waals surface area contributed by atoms with Gasteiger partial charge in [-0.15, -0.1) is 0 Å². The number of rotatable bonds is 3. The molecule has 1 atom stereocenters. The molecule has 0 aromatic heterocycles. The monoisotopic (exact) mass is 313 g/mol. The van der Waals surface area contributed by atoms with E-state index in [1.807, 2.05) is 0 Å². The van der Waals surface area contributed by atoms with Gasteiger partial charge in [0, 0.05) is 23.2 Å². The highest BCUT2D eigenvalue weighted by molar-refractivity contribution is 9.10. The van der Waals surface area contributed by atoms with Crippen LogP contribution >= 0.6 is 15.9 Å². The van der Waals surface area contributed by atoms with Crippen molar-refractivity contribution < 1.29 is 9.72 Å². The molecular formula is C11H12BrN3O3. The summed E-state index contributed by atoms with van der Waals surface area (Å²) >= 11 is 3.26. The Morgan fingerprint density at radius 1 is 1.56 bits per heavy atom. The van der Waals surface area contributed by atoms with Crippen LogP contribution in [0.2, 0.25) is 0 Å². The molecule has 2 N–H and O–H groups in total. The number of carbonyl (C=O) groups is 1. The van der Waals surface area contributed by atoms with Gasteiger partial charge < -0.3 is 10.6 Å². The first-order valence-electron chi connectivity index (χ1n) is 5.53. The first-order valence-corrected chi connectivity index (χ1v) is 6.33. The SMILES string of the molecule is O=C(Nc1cc([N+](=O)[O-])ccc1Br)C1CCNC1. The molecule has 1 unspecified atom stereocenters. The smallest absolute Gasteiger partial charge is 0.271 e. The summed E-state index contributed by atoms with van der Waals surface area (Å²) in [4.78, 5) is 22.1. The highest BCUT2D eigenvalue weighted by Gasteiger charge is 2.23. The van der Waals surface area contributed by atoms with Gasteiger partial charge in [-0.2, -0.15) is 0 Å². The zero-order chi connectivity index (χ0) is 13.1. The molecule has 18 heavy (non-hydrogen) atoms. The number of amides is 1. The van der Waals surface area contributed by atoms with E-state index in [-0.39, 0.29) is 17.5 Å². The lowest BCUT2D eigenvalue weighted by atomic mass is 10.1. The maximum atomic E-state index is 11.9. The molecule has 0 aliphatic carbocycles. The lowest BCUT2D eigenvalue weighted by Crippen LogP contribution is -2.24. The molecule has 6 nitrogen and oxygen atoms in total. The second-order valence-electron chi connectivity index (χ2n) is 4.10. The first-order chi connectivity index (χ1) is 8.58. The molecule has 1 amide bonds. The zero-order valence-electron chi connectivity index (χ0n) is 9.48. The number of carbonyl (C=O) groups excluding carboxylic acids is 1. The second-order valence-corrected chi connectivity index (χ2v) is 4.95. The van der Waals surface area contributed by atoms with Crippen molar-refractivity contribution in [3.63, 3.8) is 0 Å². The van der Waals surface area contributed by atoms with E-state index in [1.54, 1.807) is 6.07 Å². The topological polar surface area (TPSA) is 84.3 Å². The van der Waals surface area contributed by atoms with Gasteiger partial charge in [-0.3, -0.25) is 14.9 Å². The van der Waals surface area contributed by atoms with Crippen LogP contribution in [-0.4, -0.2) is 23.9 Å². The number of halogens is 1. The molecule has 1 saturated heterocycles. The molecule has 7 heteroatoms. The summed E-state index contributed by atoms with van der Waals surface area (Å²) in [6.45, 7) is 1.48. The predicted octanol–water partition coefficient (Wildman–Crippen LogP) is 1.91. The van der Waals surface area contributed by atoms with E-state index < -0.39 is 4.92 Å². The summed E-state index contributed by atoms with van der Waals surface area (Å²) in [6.07, 6.45) is 0.790. The Morgan fingerprint density at radius 3 is 2.94 bits per heavy atom. The third-order valence-electron chi connectivity index (χ3n) is 2.85. The number of nitro groups is 1. The van der Waals surface area contributed by atoms with Crippen LogP contribution < -0.4 is 10.6 Å². The number of nitro benzene ring substituents is 1. The molecule has 0 bridgehead atoms. The lowest BCUT2D eigenvalue weighted by Gasteiger charge is -2.11. The highest BCUT2D eigenvalue weighted by Crippen LogP contribution is 2.27. The van der Waals surface area contributed by atoms with Crippen LogP contribution in [0, 0.1) is 16.0 Å². The molecule has 1 fully saturated rings. The lowest BCUT2D eigenvalue weighted by molar-refractivity contribution is -0.384. The van der Waals surface area contributed by atoms with Gasteiger partial charge in [0.25, 0.3) is 5.69 Å². The molecular weight excluding hydrogens is 302 g/mol. The van der Waals surface area contributed by atoms with Gasteiger partial charge in [-0.25, -0.2) is 0 Å². The number of non-ortho nitro benzene ring substituents is 1. The number of hydrogen-bond acceptors (Lipinski definition) is 4. The maximum Gasteiger partial charge on any atom is 0.271 e. The molecule has 1 aromatic rings. The van der Waals surface area contributed by atoms with Crippen molar-refractivity contribution in [1.82, 2.24) is 5.32 Å². The summed E-state index contributed by atoms with van der Waals surface area (Å²) in [5, 5.41) is 16.5. The van der Waals surface area contributed by atoms with Gasteiger partial charge in [0.05, 0.1) is 16.5 Å². The Bertz CT molecular complexity index is 486. The average molecular weight is 314 g/mol. The molecule has 2 rings (SSSR count). The van der Waals surface area contributed by atoms with E-state index in [0.717, 1.165) is 13.0 Å². The van der Waals surface area contributed by atoms with Gasteiger partial charge in [-0.1, -0.05) is 0 Å². The maximum absolute atomic E-state index is 11.9. The van der Waals surface area contributed by atoms with Crippen LogP contribution in [0.25, 0.3) is 0 Å². The number of benzene rings is 1. The van der Waals surface area contributed by atoms with Crippen LogP contribution in [-0.2, 0) is 4.79 Å². The van der Waals surface area contributed by atoms with Crippen LogP contribution in [0.1, 0.15) is 6.42 Å². The zero-order valence-corrected chi connectivity index (χ0v) is 11.1. The van der Waals surface area contributed by atoms with Gasteiger partial charge in [0.1, 0.15) is 0 Å². The Labute approximate surface area is 112 Å². The van der Waals surface area contributed by atoms with Gasteiger partial charge >= 0.3 is 0 Å². The minimum absolute atomic E-state index is 0.0435. The summed E-state index contributed by atoms with van der Waals surface area (Å²) in [6, 6.07) is 4.29. The number of anilines is 1. The molecule has 1 aliphatic heterocycles. The Hall–Kier alpha value is -1.47. The second kappa shape index (κ2) is 5.45. The number of nitrogens with one attached hydrogen (secondary N) is 2. The Morgan fingerprint density at radius 2 is 2.33 bits per heavy atom. The first kappa shape index (κ1) is 13.0. The van der Waals surface area contributed by atoms with Gasteiger partial charge in [0.2, 0.25) is 5.91 Å². The third-order valence-corrected chi connectivity index (χ3v) is 3.54. The third kappa shape index (κ3) is 2.85. The molecule has 0 radical (unpaired) electrons. The Balaban J connectivity index is 2.14. The van der Waals surface area contributed by atoms with E-state index in [2.05, 4.69) is 26.6 Å². The Kier molecular flexibility index (Phi) is 3.93. The number of hydrogen-bond donors (Lipinski definition) is 2. The van der Waals surface area contributed by atoms with Crippen molar-refractivity contribution in [2.24, 2.45) is 5.92 Å². The standard InChI is InChI=1S/C11H12BrN3O3/c12-9-2-1-8(15(17)18)5-10(9)14-11(16)7-3-4-13-6-7/h1-2,5,7,13H,3-4,6H2,(H,14,16). The molecule has 1 heterocycles. The summed E-state index contributed by atoms with van der Waals surface area (Å²) < 4.78 is 0.632. The van der Waals surface area contributed by atoms with Crippen molar-refractivity contribution in [2.45, 2.75) is 6.42 Å². The van der Waals surface area contributed by atoms with Crippen LogP contribution in [0.4, 0.5) is 11.4 Å². The molecule has 96 valence electrons. The summed E-state index contributed by atoms with van der Waals surface area (Å²) in [7, 11) is 0. The van der Waals surface area contributed by atoms with E-state index >= 15 is 0 Å². The molecule has 0 spiro atoms. The van der Waals surface area contributed by atoms with E-state index in [4.69, 9.17) is 0 Å². The van der Waals surface area contributed by atoms with Crippen LogP contribution in [0.5, 0.6) is 0 Å². The minimum atomic E-state index is -0.487. The van der Waals surface area contributed by atoms with Gasteiger partial charge in [0.15, 0.2) is 0 Å².